The molecule has 2 heterocycles. The molecule has 0 aliphatic carbocycles. The molecule has 2 saturated heterocycles. The number of hydrogen-bond acceptors (Lipinski definition) is 3. The first-order valence-corrected chi connectivity index (χ1v) is 11.8. The number of benzene rings is 2. The average Bonchev–Trinajstić information content (AvgIpc) is 3.21. The molecule has 0 radical (unpaired) electrons. The lowest BCUT2D eigenvalue weighted by Crippen LogP contribution is -2.55. The van der Waals surface area contributed by atoms with Gasteiger partial charge in [0.25, 0.3) is 0 Å². The number of anilines is 1. The van der Waals surface area contributed by atoms with Crippen molar-refractivity contribution in [2.45, 2.75) is 63.7 Å². The summed E-state index contributed by atoms with van der Waals surface area (Å²) in [6.07, 6.45) is 5.16. The van der Waals surface area contributed by atoms with Crippen molar-refractivity contribution in [3.8, 4) is 0 Å². The number of nitrogens with zero attached hydrogens (tertiary/aromatic N) is 2. The van der Waals surface area contributed by atoms with Crippen molar-refractivity contribution >= 4 is 11.6 Å². The maximum Gasteiger partial charge on any atom is 0.239 e. The molecule has 2 N–H and O–H groups in total. The Labute approximate surface area is 187 Å². The molecule has 0 bridgehead atoms. The Kier molecular flexibility index (Phi) is 6.93. The van der Waals surface area contributed by atoms with Crippen LogP contribution in [0.15, 0.2) is 60.7 Å². The van der Waals surface area contributed by atoms with Gasteiger partial charge in [-0.3, -0.25) is 4.79 Å². The Morgan fingerprint density at radius 3 is 2.35 bits per heavy atom. The summed E-state index contributed by atoms with van der Waals surface area (Å²) in [6, 6.07) is 21.6. The number of quaternary nitrogens is 1. The Balaban J connectivity index is 1.31. The van der Waals surface area contributed by atoms with Crippen LogP contribution in [0.25, 0.3) is 0 Å². The quantitative estimate of drug-likeness (QED) is 0.667. The van der Waals surface area contributed by atoms with Crippen LogP contribution in [0.2, 0.25) is 0 Å². The topological polar surface area (TPSA) is 44.4 Å². The summed E-state index contributed by atoms with van der Waals surface area (Å²) in [4.78, 5) is 13.1. The highest BCUT2D eigenvalue weighted by molar-refractivity contribution is 5.83. The van der Waals surface area contributed by atoms with Crippen molar-refractivity contribution < 1.29 is 9.28 Å². The van der Waals surface area contributed by atoms with E-state index < -0.39 is 0 Å². The minimum Gasteiger partial charge on any atom is -0.351 e. The van der Waals surface area contributed by atoms with Crippen LogP contribution in [-0.2, 0) is 11.3 Å². The second-order valence-corrected chi connectivity index (χ2v) is 9.56. The Morgan fingerprint density at radius 1 is 1.06 bits per heavy atom. The van der Waals surface area contributed by atoms with Gasteiger partial charge in [0, 0.05) is 30.5 Å². The van der Waals surface area contributed by atoms with Crippen molar-refractivity contribution in [3.05, 3.63) is 66.2 Å². The van der Waals surface area contributed by atoms with E-state index in [0.717, 1.165) is 61.9 Å². The Hall–Kier alpha value is -2.37. The molecule has 4 rings (SSSR count). The van der Waals surface area contributed by atoms with Gasteiger partial charge in [0.15, 0.2) is 0 Å². The van der Waals surface area contributed by atoms with E-state index in [-0.39, 0.29) is 18.0 Å². The normalized spacial score (nSPS) is 28.5. The molecular weight excluding hydrogens is 384 g/mol. The maximum atomic E-state index is 13.1. The van der Waals surface area contributed by atoms with Crippen LogP contribution in [0.4, 0.5) is 5.69 Å². The zero-order valence-electron chi connectivity index (χ0n) is 19.0. The van der Waals surface area contributed by atoms with Crippen LogP contribution in [-0.4, -0.2) is 48.7 Å². The molecule has 166 valence electrons. The lowest BCUT2D eigenvalue weighted by atomic mass is 10.00. The largest absolute Gasteiger partial charge is 0.351 e. The van der Waals surface area contributed by atoms with Gasteiger partial charge in [-0.05, 0) is 25.0 Å². The van der Waals surface area contributed by atoms with Gasteiger partial charge in [-0.2, -0.15) is 0 Å². The number of piperidine rings is 1. The molecule has 0 saturated carbocycles. The predicted molar refractivity (Wildman–Crippen MR) is 126 cm³/mol. The number of para-hydroxylation sites is 1. The third-order valence-corrected chi connectivity index (χ3v) is 6.93. The Morgan fingerprint density at radius 2 is 1.71 bits per heavy atom. The van der Waals surface area contributed by atoms with Crippen LogP contribution >= 0.6 is 0 Å². The molecule has 2 fully saturated rings. The monoisotopic (exact) mass is 421 g/mol. The summed E-state index contributed by atoms with van der Waals surface area (Å²) in [7, 11) is 2.34. The zero-order valence-corrected chi connectivity index (χ0v) is 19.0. The van der Waals surface area contributed by atoms with E-state index in [1.165, 1.54) is 5.56 Å². The van der Waals surface area contributed by atoms with Crippen molar-refractivity contribution in [2.75, 3.05) is 25.1 Å². The lowest BCUT2D eigenvalue weighted by molar-refractivity contribution is -0.927. The number of amides is 1. The van der Waals surface area contributed by atoms with E-state index in [1.807, 2.05) is 6.07 Å². The summed E-state index contributed by atoms with van der Waals surface area (Å²) in [6.45, 7) is 5.48. The molecule has 0 spiro atoms. The van der Waals surface area contributed by atoms with E-state index in [2.05, 4.69) is 84.3 Å². The number of rotatable bonds is 7. The summed E-state index contributed by atoms with van der Waals surface area (Å²) in [5, 5.41) is 5.57. The lowest BCUT2D eigenvalue weighted by Gasteiger charge is -2.41. The molecule has 2 aliphatic rings. The van der Waals surface area contributed by atoms with E-state index in [0.29, 0.717) is 6.04 Å². The summed E-state index contributed by atoms with van der Waals surface area (Å²) in [5.74, 6) is 0.156. The van der Waals surface area contributed by atoms with E-state index >= 15 is 0 Å². The van der Waals surface area contributed by atoms with Crippen LogP contribution in [0.5, 0.6) is 0 Å². The van der Waals surface area contributed by atoms with Crippen LogP contribution in [0.3, 0.4) is 0 Å². The molecular formula is C26H37N4O+. The first kappa shape index (κ1) is 21.8. The van der Waals surface area contributed by atoms with Crippen LogP contribution in [0.1, 0.15) is 44.6 Å². The van der Waals surface area contributed by atoms with E-state index in [4.69, 9.17) is 0 Å². The molecule has 2 aliphatic heterocycles. The molecule has 5 heteroatoms. The molecule has 5 nitrogen and oxygen atoms in total. The van der Waals surface area contributed by atoms with E-state index in [9.17, 15) is 4.79 Å². The number of hydrazine groups is 1. The standard InChI is InChI=1S/C26H36N4O/c1-3-10-24-19-25(28-29(24)23-13-8-5-9-14-23)26(31)27-22-15-17-30(2,18-16-22)20-21-11-6-4-7-12-21/h4-9,11-14,22,24-25,28H,3,10,15-20H2,1-2H3/p+1. The minimum absolute atomic E-state index is 0.149. The number of carbonyl (C=O) groups is 1. The van der Waals surface area contributed by atoms with Gasteiger partial charge in [0.1, 0.15) is 12.6 Å². The van der Waals surface area contributed by atoms with Gasteiger partial charge in [-0.15, -0.1) is 0 Å². The van der Waals surface area contributed by atoms with Crippen molar-refractivity contribution in [3.63, 3.8) is 0 Å². The van der Waals surface area contributed by atoms with Gasteiger partial charge in [0.05, 0.1) is 25.8 Å². The SMILES string of the molecule is CCCC1CC(C(=O)NC2CC[N+](C)(Cc3ccccc3)CC2)NN1c1ccccc1. The number of carbonyl (C=O) groups excluding carboxylic acids is 1. The molecule has 31 heavy (non-hydrogen) atoms. The molecule has 2 unspecified atom stereocenters. The summed E-state index contributed by atoms with van der Waals surface area (Å²) < 4.78 is 1.05. The second kappa shape index (κ2) is 9.84. The Bertz CT molecular complexity index is 833. The highest BCUT2D eigenvalue weighted by Gasteiger charge is 2.37. The van der Waals surface area contributed by atoms with Crippen LogP contribution in [0, 0.1) is 0 Å². The van der Waals surface area contributed by atoms with Gasteiger partial charge >= 0.3 is 0 Å². The first-order valence-electron chi connectivity index (χ1n) is 11.8. The number of hydrogen-bond donors (Lipinski definition) is 2. The third kappa shape index (κ3) is 5.46. The third-order valence-electron chi connectivity index (χ3n) is 6.93. The van der Waals surface area contributed by atoms with Crippen molar-refractivity contribution in [2.24, 2.45) is 0 Å². The average molecular weight is 422 g/mol. The fraction of sp³-hybridized carbons (Fsp3) is 0.500. The van der Waals surface area contributed by atoms with Gasteiger partial charge in [0.2, 0.25) is 5.91 Å². The van der Waals surface area contributed by atoms with Gasteiger partial charge in [-0.1, -0.05) is 61.9 Å². The summed E-state index contributed by atoms with van der Waals surface area (Å²) >= 11 is 0. The van der Waals surface area contributed by atoms with E-state index in [1.54, 1.807) is 0 Å². The first-order chi connectivity index (χ1) is 15.1. The number of nitrogens with one attached hydrogen (secondary N) is 2. The van der Waals surface area contributed by atoms with Crippen molar-refractivity contribution in [1.82, 2.24) is 10.7 Å². The fourth-order valence-electron chi connectivity index (χ4n) is 5.14. The predicted octanol–water partition coefficient (Wildman–Crippen LogP) is 3.86. The molecule has 0 aromatic heterocycles. The van der Waals surface area contributed by atoms with Gasteiger partial charge in [-0.25, -0.2) is 5.43 Å². The second-order valence-electron chi connectivity index (χ2n) is 9.56. The molecule has 2 aromatic carbocycles. The van der Waals surface area contributed by atoms with Gasteiger partial charge < -0.3 is 14.8 Å². The minimum atomic E-state index is -0.149. The van der Waals surface area contributed by atoms with Crippen LogP contribution < -0.4 is 15.8 Å². The highest BCUT2D eigenvalue weighted by Crippen LogP contribution is 2.26. The summed E-state index contributed by atoms with van der Waals surface area (Å²) in [5.41, 5.74) is 6.03. The number of likely N-dealkylation sites (tertiary alicyclic amines) is 1. The smallest absolute Gasteiger partial charge is 0.239 e. The molecule has 1 amide bonds. The molecule has 2 aromatic rings. The molecule has 2 atom stereocenters. The van der Waals surface area contributed by atoms with Crippen molar-refractivity contribution in [1.29, 1.82) is 0 Å². The highest BCUT2D eigenvalue weighted by atomic mass is 16.2. The zero-order chi connectivity index (χ0) is 21.7. The fourth-order valence-corrected chi connectivity index (χ4v) is 5.14. The maximum absolute atomic E-state index is 13.1.